The highest BCUT2D eigenvalue weighted by Crippen LogP contribution is 2.46. The lowest BCUT2D eigenvalue weighted by Crippen LogP contribution is -2.03. The first kappa shape index (κ1) is 18.3. The Morgan fingerprint density at radius 3 is 2.25 bits per heavy atom. The number of nitrogens with one attached hydrogen (secondary N) is 2. The maximum Gasteiger partial charge on any atom is 0.155 e. The summed E-state index contributed by atoms with van der Waals surface area (Å²) in [5.41, 5.74) is 8.71. The number of hydrogen-bond donors (Lipinski definition) is 2. The molecule has 1 aliphatic heterocycles. The maximum absolute atomic E-state index is 6.34. The molecule has 4 heterocycles. The van der Waals surface area contributed by atoms with Crippen LogP contribution in [0.3, 0.4) is 0 Å². The number of benzene rings is 5. The van der Waals surface area contributed by atoms with Gasteiger partial charge in [0.25, 0.3) is 0 Å². The van der Waals surface area contributed by atoms with Crippen molar-refractivity contribution in [2.24, 2.45) is 0 Å². The molecule has 5 aromatic carbocycles. The molecule has 0 radical (unpaired) electrons. The molecule has 8 aromatic rings. The van der Waals surface area contributed by atoms with E-state index in [1.54, 1.807) is 0 Å². The molecule has 0 bridgehead atoms. The second-order valence-electron chi connectivity index (χ2n) is 9.29. The lowest BCUT2D eigenvalue weighted by Gasteiger charge is -2.22. The molecule has 0 fully saturated rings. The monoisotopic (exact) mass is 464 g/mol. The summed E-state index contributed by atoms with van der Waals surface area (Å²) in [6, 6.07) is 28.6. The summed E-state index contributed by atoms with van der Waals surface area (Å²) in [7, 11) is 0. The largest absolute Gasteiger partial charge is 0.453 e. The summed E-state index contributed by atoms with van der Waals surface area (Å²) >= 11 is 0. The number of rotatable bonds is 0. The van der Waals surface area contributed by atoms with E-state index in [1.165, 1.54) is 5.39 Å². The molecular formula is C30H16N4O2. The van der Waals surface area contributed by atoms with Gasteiger partial charge in [0.1, 0.15) is 11.0 Å². The Bertz CT molecular complexity index is 2220. The molecule has 0 amide bonds. The Morgan fingerprint density at radius 1 is 0.528 bits per heavy atom. The number of fused-ring (bicyclic) bond motifs is 10. The highest BCUT2D eigenvalue weighted by Gasteiger charge is 2.21. The molecule has 1 aliphatic rings. The van der Waals surface area contributed by atoms with Crippen molar-refractivity contribution in [3.63, 3.8) is 0 Å². The van der Waals surface area contributed by atoms with E-state index in [9.17, 15) is 0 Å². The Balaban J connectivity index is 1.22. The summed E-state index contributed by atoms with van der Waals surface area (Å²) < 4.78 is 12.7. The summed E-state index contributed by atoms with van der Waals surface area (Å²) in [4.78, 5) is 13.2. The third-order valence-corrected chi connectivity index (χ3v) is 7.13. The van der Waals surface area contributed by atoms with Gasteiger partial charge in [-0.2, -0.15) is 0 Å². The van der Waals surface area contributed by atoms with Gasteiger partial charge in [0.2, 0.25) is 0 Å². The first-order valence-corrected chi connectivity index (χ1v) is 11.8. The Hall–Kier alpha value is -5.10. The van der Waals surface area contributed by atoms with Crippen molar-refractivity contribution in [2.45, 2.75) is 0 Å². The topological polar surface area (TPSA) is 76.0 Å². The van der Waals surface area contributed by atoms with Crippen molar-refractivity contribution in [1.82, 2.24) is 15.0 Å². The van der Waals surface area contributed by atoms with Crippen molar-refractivity contribution < 1.29 is 9.15 Å². The Labute approximate surface area is 203 Å². The smallest absolute Gasteiger partial charge is 0.155 e. The molecule has 3 aromatic heterocycles. The van der Waals surface area contributed by atoms with Crippen LogP contribution in [-0.2, 0) is 0 Å². The zero-order valence-corrected chi connectivity index (χ0v) is 18.8. The van der Waals surface area contributed by atoms with E-state index in [4.69, 9.17) is 19.1 Å². The molecule has 2 N–H and O–H groups in total. The van der Waals surface area contributed by atoms with Crippen LogP contribution in [0.15, 0.2) is 89.3 Å². The molecule has 0 saturated heterocycles. The minimum Gasteiger partial charge on any atom is -0.453 e. The van der Waals surface area contributed by atoms with E-state index in [-0.39, 0.29) is 0 Å². The number of H-pyrrole nitrogens is 1. The predicted molar refractivity (Wildman–Crippen MR) is 143 cm³/mol. The third kappa shape index (κ3) is 2.40. The molecule has 6 nitrogen and oxygen atoms in total. The van der Waals surface area contributed by atoms with Gasteiger partial charge in [-0.15, -0.1) is 0 Å². The van der Waals surface area contributed by atoms with Crippen LogP contribution in [0.5, 0.6) is 11.5 Å². The summed E-state index contributed by atoms with van der Waals surface area (Å²) in [5.74, 6) is 1.49. The van der Waals surface area contributed by atoms with Crippen LogP contribution >= 0.6 is 0 Å². The average Bonchev–Trinajstić information content (AvgIpc) is 3.44. The molecule has 0 saturated carbocycles. The normalized spacial score (nSPS) is 12.9. The molecule has 36 heavy (non-hydrogen) atoms. The van der Waals surface area contributed by atoms with Crippen molar-refractivity contribution >= 4 is 77.2 Å². The molecular weight excluding hydrogens is 448 g/mol. The van der Waals surface area contributed by atoms with Gasteiger partial charge >= 0.3 is 0 Å². The molecule has 0 aliphatic carbocycles. The van der Waals surface area contributed by atoms with Crippen molar-refractivity contribution in [1.29, 1.82) is 0 Å². The quantitative estimate of drug-likeness (QED) is 0.221. The van der Waals surface area contributed by atoms with Gasteiger partial charge in [-0.25, -0.2) is 9.97 Å². The Morgan fingerprint density at radius 2 is 1.28 bits per heavy atom. The van der Waals surface area contributed by atoms with E-state index >= 15 is 0 Å². The fourth-order valence-corrected chi connectivity index (χ4v) is 5.44. The van der Waals surface area contributed by atoms with Gasteiger partial charge in [-0.05, 0) is 24.3 Å². The minimum absolute atomic E-state index is 0.685. The van der Waals surface area contributed by atoms with Gasteiger partial charge in [-0.1, -0.05) is 36.4 Å². The summed E-state index contributed by atoms with van der Waals surface area (Å²) in [5, 5.41) is 8.07. The van der Waals surface area contributed by atoms with E-state index in [0.717, 1.165) is 66.4 Å². The molecule has 0 spiro atoms. The van der Waals surface area contributed by atoms with Crippen LogP contribution < -0.4 is 10.1 Å². The van der Waals surface area contributed by atoms with Crippen LogP contribution in [0.1, 0.15) is 0 Å². The van der Waals surface area contributed by atoms with E-state index < -0.39 is 0 Å². The van der Waals surface area contributed by atoms with Gasteiger partial charge in [-0.3, -0.25) is 0 Å². The second kappa shape index (κ2) is 6.31. The van der Waals surface area contributed by atoms with Crippen LogP contribution in [0.4, 0.5) is 11.4 Å². The summed E-state index contributed by atoms with van der Waals surface area (Å²) in [6.45, 7) is 0. The highest BCUT2D eigenvalue weighted by molar-refractivity contribution is 6.11. The van der Waals surface area contributed by atoms with E-state index in [2.05, 4.69) is 46.7 Å². The standard InChI is InChI=1S/C30H16N4O2/c1-3-7-19-15(5-1)17-9-23-27(11-21(17)31-19)35-29-14-26-30(13-25(29)33-23)36-28-12-22-18(10-24(28)34-26)16-6-2-4-8-20(16)32-22/h1-14,31,33H. The van der Waals surface area contributed by atoms with Crippen LogP contribution in [0.25, 0.3) is 65.8 Å². The van der Waals surface area contributed by atoms with E-state index in [1.807, 2.05) is 48.5 Å². The van der Waals surface area contributed by atoms with Gasteiger partial charge in [0, 0.05) is 51.3 Å². The van der Waals surface area contributed by atoms with Gasteiger partial charge < -0.3 is 19.5 Å². The number of aromatic nitrogens is 3. The van der Waals surface area contributed by atoms with Crippen molar-refractivity contribution in [2.75, 3.05) is 5.32 Å². The average molecular weight is 464 g/mol. The number of aromatic amines is 1. The molecule has 0 unspecified atom stereocenters. The van der Waals surface area contributed by atoms with Crippen LogP contribution in [-0.4, -0.2) is 15.0 Å². The minimum atomic E-state index is 0.685. The van der Waals surface area contributed by atoms with Gasteiger partial charge in [0.05, 0.1) is 27.9 Å². The van der Waals surface area contributed by atoms with Crippen molar-refractivity contribution in [3.05, 3.63) is 84.9 Å². The molecule has 0 atom stereocenters. The lowest BCUT2D eigenvalue weighted by atomic mass is 10.1. The Kier molecular flexibility index (Phi) is 3.20. The first-order chi connectivity index (χ1) is 17.8. The SMILES string of the molecule is c1ccc2c(c1)nc1cc3oc4cc5c(cc4nc3cc12)Oc1cc2[nH]c3ccccc3c2cc1N5. The number of hydrogen-bond acceptors (Lipinski definition) is 5. The maximum atomic E-state index is 6.34. The zero-order valence-electron chi connectivity index (χ0n) is 18.8. The summed E-state index contributed by atoms with van der Waals surface area (Å²) in [6.07, 6.45) is 0. The van der Waals surface area contributed by atoms with Gasteiger partial charge in [0.15, 0.2) is 22.7 Å². The number of anilines is 2. The van der Waals surface area contributed by atoms with Crippen LogP contribution in [0, 0.1) is 0 Å². The molecule has 9 rings (SSSR count). The second-order valence-corrected chi connectivity index (χ2v) is 9.29. The zero-order chi connectivity index (χ0) is 23.4. The fraction of sp³-hybridized carbons (Fsp3) is 0. The molecule has 6 heteroatoms. The first-order valence-electron chi connectivity index (χ1n) is 11.8. The molecule has 168 valence electrons. The predicted octanol–water partition coefficient (Wildman–Crippen LogP) is 8.17. The number of para-hydroxylation sites is 2. The van der Waals surface area contributed by atoms with Crippen molar-refractivity contribution in [3.8, 4) is 11.5 Å². The number of nitrogens with zero attached hydrogens (tertiary/aromatic N) is 2. The number of ether oxygens (including phenoxy) is 1. The van der Waals surface area contributed by atoms with Crippen LogP contribution in [0.2, 0.25) is 0 Å². The lowest BCUT2D eigenvalue weighted by molar-refractivity contribution is 0.482. The van der Waals surface area contributed by atoms with E-state index in [0.29, 0.717) is 16.9 Å². The fourth-order valence-electron chi connectivity index (χ4n) is 5.44. The third-order valence-electron chi connectivity index (χ3n) is 7.13. The highest BCUT2D eigenvalue weighted by atomic mass is 16.5.